The third-order valence-corrected chi connectivity index (χ3v) is 23.5. The van der Waals surface area contributed by atoms with Gasteiger partial charge in [-0.25, -0.2) is 0 Å². The molecule has 0 radical (unpaired) electrons. The van der Waals surface area contributed by atoms with Crippen molar-refractivity contribution in [2.24, 2.45) is 23.7 Å². The average molecular weight is 1480 g/mol. The van der Waals surface area contributed by atoms with E-state index >= 15 is 43.2 Å². The molecule has 28 heteroatoms. The molecule has 1 unspecified atom stereocenters. The molecule has 6 fully saturated rings. The zero-order valence-corrected chi connectivity index (χ0v) is 64.5. The zero-order valence-electron chi connectivity index (χ0n) is 63.7. The number of amides is 12. The maximum Gasteiger partial charge on any atom is 0.417 e. The fraction of sp³-hybridized carbons (Fsp3) is 0.763. The Morgan fingerprint density at radius 2 is 1.21 bits per heavy atom. The predicted octanol–water partition coefficient (Wildman–Crippen LogP) is 7.59. The quantitative estimate of drug-likeness (QED) is 0.172. The van der Waals surface area contributed by atoms with Gasteiger partial charge >= 0.3 is 6.18 Å². The van der Waals surface area contributed by atoms with Gasteiger partial charge in [0.2, 0.25) is 70.9 Å². The van der Waals surface area contributed by atoms with Gasteiger partial charge in [0.1, 0.15) is 53.9 Å². The molecular formula is C76H118ClF3N12O12. The van der Waals surface area contributed by atoms with E-state index in [2.05, 4.69) is 16.0 Å². The van der Waals surface area contributed by atoms with E-state index in [9.17, 15) is 27.6 Å². The minimum atomic E-state index is -4.77. The van der Waals surface area contributed by atoms with Crippen LogP contribution in [0.2, 0.25) is 5.02 Å². The third kappa shape index (κ3) is 21.0. The fourth-order valence-electron chi connectivity index (χ4n) is 16.6. The number of halogens is 4. The maximum absolute atomic E-state index is 15.9. The van der Waals surface area contributed by atoms with E-state index in [-0.39, 0.29) is 69.7 Å². The van der Waals surface area contributed by atoms with Crippen LogP contribution in [0.15, 0.2) is 18.2 Å². The molecule has 9 atom stereocenters. The van der Waals surface area contributed by atoms with Gasteiger partial charge in [-0.1, -0.05) is 129 Å². The highest BCUT2D eigenvalue weighted by Gasteiger charge is 2.51. The molecule has 24 nitrogen and oxygen atoms in total. The Bertz CT molecular complexity index is 3210. The van der Waals surface area contributed by atoms with Crippen LogP contribution in [0.25, 0.3) is 0 Å². The molecule has 3 aliphatic carbocycles. The number of alkyl halides is 3. The van der Waals surface area contributed by atoms with Gasteiger partial charge in [-0.15, -0.1) is 0 Å². The van der Waals surface area contributed by atoms with Gasteiger partial charge in [0.15, 0.2) is 0 Å². The van der Waals surface area contributed by atoms with E-state index in [0.29, 0.717) is 76.4 Å². The lowest BCUT2D eigenvalue weighted by molar-refractivity contribution is -0.157. The van der Waals surface area contributed by atoms with Crippen LogP contribution in [-0.2, 0) is 70.1 Å². The Morgan fingerprint density at radius 1 is 0.606 bits per heavy atom. The molecule has 3 aliphatic heterocycles. The second kappa shape index (κ2) is 38.0. The number of likely N-dealkylation sites (tertiary alicyclic amines) is 1. The number of carbonyl (C=O) groups excluding carboxylic acids is 12. The van der Waals surface area contributed by atoms with Crippen molar-refractivity contribution in [2.45, 2.75) is 268 Å². The molecule has 3 heterocycles. The van der Waals surface area contributed by atoms with E-state index in [1.807, 2.05) is 20.8 Å². The summed E-state index contributed by atoms with van der Waals surface area (Å²) in [6.45, 7) is 8.99. The van der Waals surface area contributed by atoms with E-state index in [0.717, 1.165) is 74.8 Å². The highest BCUT2D eigenvalue weighted by Crippen LogP contribution is 2.39. The third-order valence-electron chi connectivity index (χ3n) is 23.2. The van der Waals surface area contributed by atoms with Crippen LogP contribution >= 0.6 is 11.6 Å². The van der Waals surface area contributed by atoms with Crippen LogP contribution in [0.3, 0.4) is 0 Å². The summed E-state index contributed by atoms with van der Waals surface area (Å²) in [4.78, 5) is 194. The molecule has 3 saturated heterocycles. The summed E-state index contributed by atoms with van der Waals surface area (Å²) in [7, 11) is 10.2. The largest absolute Gasteiger partial charge is 0.417 e. The van der Waals surface area contributed by atoms with Crippen LogP contribution in [0.5, 0.6) is 0 Å². The number of hydrogen-bond acceptors (Lipinski definition) is 12. The van der Waals surface area contributed by atoms with Crippen molar-refractivity contribution in [2.75, 3.05) is 82.1 Å². The van der Waals surface area contributed by atoms with Crippen molar-refractivity contribution in [1.82, 2.24) is 60.0 Å². The Balaban J connectivity index is 1.32. The van der Waals surface area contributed by atoms with Crippen molar-refractivity contribution in [3.8, 4) is 0 Å². The molecule has 104 heavy (non-hydrogen) atoms. The number of benzene rings is 1. The monoisotopic (exact) mass is 1480 g/mol. The summed E-state index contributed by atoms with van der Waals surface area (Å²) in [6.07, 6.45) is 7.63. The van der Waals surface area contributed by atoms with Crippen molar-refractivity contribution in [1.29, 1.82) is 0 Å². The second-order valence-electron chi connectivity index (χ2n) is 31.2. The van der Waals surface area contributed by atoms with E-state index in [1.54, 1.807) is 18.7 Å². The summed E-state index contributed by atoms with van der Waals surface area (Å²) in [5.74, 6) is -8.57. The average Bonchev–Trinajstić information content (AvgIpc) is 1.37. The Morgan fingerprint density at radius 3 is 1.81 bits per heavy atom. The molecule has 7 rings (SSSR count). The minimum absolute atomic E-state index is 0.0200. The number of rotatable bonds is 13. The Hall–Kier alpha value is -7.06. The summed E-state index contributed by atoms with van der Waals surface area (Å²) in [5.41, 5.74) is -2.38. The van der Waals surface area contributed by atoms with Gasteiger partial charge in [0.05, 0.1) is 30.1 Å². The van der Waals surface area contributed by atoms with E-state index < -0.39 is 173 Å². The molecule has 3 N–H and O–H groups in total. The molecular weight excluding hydrogens is 1370 g/mol. The maximum atomic E-state index is 15.9. The number of piperidine rings is 1. The first-order chi connectivity index (χ1) is 49.2. The number of nitrogens with zero attached hydrogens (tertiary/aromatic N) is 9. The van der Waals surface area contributed by atoms with Gasteiger partial charge in [-0.05, 0) is 131 Å². The van der Waals surface area contributed by atoms with Crippen molar-refractivity contribution < 1.29 is 70.7 Å². The van der Waals surface area contributed by atoms with Crippen LogP contribution in [0.1, 0.15) is 213 Å². The van der Waals surface area contributed by atoms with Crippen LogP contribution in [0.4, 0.5) is 13.2 Å². The molecule has 0 aromatic heterocycles. The smallest absolute Gasteiger partial charge is 0.343 e. The van der Waals surface area contributed by atoms with Crippen molar-refractivity contribution in [3.63, 3.8) is 0 Å². The molecule has 6 aliphatic rings. The second-order valence-corrected chi connectivity index (χ2v) is 31.6. The molecule has 1 spiro atoms. The fourth-order valence-corrected chi connectivity index (χ4v) is 16.9. The van der Waals surface area contributed by atoms with Crippen LogP contribution < -0.4 is 16.0 Å². The highest BCUT2D eigenvalue weighted by molar-refractivity contribution is 6.31. The molecule has 3 saturated carbocycles. The SMILES string of the molecule is CCC[C@H]1C(=O)NC2(CCCC2)C(=O)N(C)[C@@H](C2CCCCC2)C(=O)N(C)[C@H](C(=O)N2CCCCC2)CC(=O)N(C)[C@@H](CC(C)C)C(=O)N[C@@H]([C@@H](C)CC)C(=O)N(C)CC(=O)N2CCCC2C(=O)N(C)[C@@H](CC2CCCCC2)C(=O)N(C)CC(=O)N[C@@H](CCc2ccc(C(F)(F)F)c(Cl)c2)C(=O)N1C. The van der Waals surface area contributed by atoms with Gasteiger partial charge in [-0.2, -0.15) is 13.2 Å². The van der Waals surface area contributed by atoms with Gasteiger partial charge in [0.25, 0.3) is 0 Å². The van der Waals surface area contributed by atoms with Crippen LogP contribution in [-0.4, -0.2) is 251 Å². The van der Waals surface area contributed by atoms with Gasteiger partial charge < -0.3 is 60.0 Å². The molecule has 1 aromatic rings. The number of aryl methyl sites for hydroxylation is 1. The standard InChI is InChI=1S/C76H118ClF3N12O12/c1-13-27-56-67(97)83-75(37-22-23-38-75)74(104)90(12)65(52-30-20-16-21-31-52)73(103)89(11)60(71(101)91-39-24-17-25-40-91)45-62(94)86(8)58(42-48(3)4)66(96)82-64(49(5)14-2)72(102)85(7)47-63(95)92-41-26-32-57(92)70(100)88(10)59(44-50-28-18-15-19-29-50)69(99)84(6)46-61(93)81-55(68(98)87(56)9)36-34-51-33-35-53(54(77)43-51)76(78,79)80/h33,35,43,48-50,52,55-60,64-65H,13-32,34,36-42,44-47H2,1-12H3,(H,81,93)(H,82,96)(H,83,97)/t49-,55-,56-,57?,58-,59-,60-,64-,65-/m0/s1. The first-order valence-corrected chi connectivity index (χ1v) is 38.7. The lowest BCUT2D eigenvalue weighted by atomic mass is 9.81. The number of fused-ring (bicyclic) bond motifs is 1. The summed E-state index contributed by atoms with van der Waals surface area (Å²) in [5, 5.41) is 8.24. The molecule has 582 valence electrons. The van der Waals surface area contributed by atoms with Crippen LogP contribution in [0, 0.1) is 23.7 Å². The number of carbonyl (C=O) groups is 12. The number of nitrogens with one attached hydrogen (secondary N) is 3. The van der Waals surface area contributed by atoms with Crippen molar-refractivity contribution >= 4 is 82.5 Å². The number of likely N-dealkylation sites (N-methyl/N-ethyl adjacent to an activating group) is 7. The molecule has 12 amide bonds. The number of hydrogen-bond donors (Lipinski definition) is 3. The first kappa shape index (κ1) is 84.2. The summed E-state index contributed by atoms with van der Waals surface area (Å²) in [6, 6.07) is -6.70. The zero-order chi connectivity index (χ0) is 76.7. The topological polar surface area (TPSA) is 270 Å². The Labute approximate surface area is 618 Å². The lowest BCUT2D eigenvalue weighted by Crippen LogP contribution is -2.65. The van der Waals surface area contributed by atoms with Gasteiger partial charge in [-0.3, -0.25) is 57.5 Å². The van der Waals surface area contributed by atoms with Crippen molar-refractivity contribution in [3.05, 3.63) is 34.3 Å². The summed E-state index contributed by atoms with van der Waals surface area (Å²) >= 11 is 6.19. The van der Waals surface area contributed by atoms with E-state index in [4.69, 9.17) is 11.6 Å². The molecule has 0 bridgehead atoms. The predicted molar refractivity (Wildman–Crippen MR) is 387 cm³/mol. The highest BCUT2D eigenvalue weighted by atomic mass is 35.5. The minimum Gasteiger partial charge on any atom is -0.343 e. The lowest BCUT2D eigenvalue weighted by Gasteiger charge is -2.43. The summed E-state index contributed by atoms with van der Waals surface area (Å²) < 4.78 is 41.8. The van der Waals surface area contributed by atoms with Gasteiger partial charge in [0, 0.05) is 69.0 Å². The Kier molecular flexibility index (Phi) is 30.7. The normalized spacial score (nSPS) is 27.1. The van der Waals surface area contributed by atoms with E-state index in [1.165, 1.54) is 89.7 Å². The first-order valence-electron chi connectivity index (χ1n) is 38.3. The molecule has 1 aromatic carbocycles.